The normalized spacial score (nSPS) is 5.80. The van der Waals surface area contributed by atoms with Gasteiger partial charge in [0.25, 0.3) is 0 Å². The summed E-state index contributed by atoms with van der Waals surface area (Å²) >= 11 is -5.52. The summed E-state index contributed by atoms with van der Waals surface area (Å²) in [4.78, 5) is 0. The Morgan fingerprint density at radius 2 is 0.800 bits per heavy atom. The van der Waals surface area contributed by atoms with Crippen LogP contribution in [0, 0.1) is 0 Å². The van der Waals surface area contributed by atoms with Gasteiger partial charge in [0.15, 0.2) is 0 Å². The second-order valence-corrected chi connectivity index (χ2v) is 3.00. The van der Waals surface area contributed by atoms with E-state index in [1.807, 2.05) is 0 Å². The van der Waals surface area contributed by atoms with Gasteiger partial charge in [-0.2, -0.15) is 0 Å². The van der Waals surface area contributed by atoms with Gasteiger partial charge in [-0.15, -0.1) is 0 Å². The molecule has 0 bridgehead atoms. The molecule has 0 saturated heterocycles. The molecule has 0 aliphatic carbocycles. The molecular formula is H10HfO8Te. The molecule has 10 heteroatoms. The van der Waals surface area contributed by atoms with Crippen molar-refractivity contribution in [3.63, 3.8) is 0 Å². The Morgan fingerprint density at radius 3 is 0.800 bits per heavy atom. The van der Waals surface area contributed by atoms with Gasteiger partial charge in [-0.05, 0) is 0 Å². The first-order valence-electron chi connectivity index (χ1n) is 0.698. The summed E-state index contributed by atoms with van der Waals surface area (Å²) in [6.45, 7) is 0. The molecule has 0 aromatic heterocycles. The van der Waals surface area contributed by atoms with Crippen LogP contribution < -0.4 is 0 Å². The summed E-state index contributed by atoms with van der Waals surface area (Å²) in [6, 6.07) is 0. The standard InChI is InChI=1S/Hf.H2O4Te.4H2O/c;1-5(2,3)4;;;;/h;(H2,1,2,3,4);4*1H2. The minimum Gasteiger partial charge on any atom is 0 e. The van der Waals surface area contributed by atoms with E-state index in [-0.39, 0.29) is 47.7 Å². The maximum absolute atomic E-state index is 8.85. The molecule has 0 amide bonds. The van der Waals surface area contributed by atoms with Gasteiger partial charge in [-0.25, -0.2) is 0 Å². The average Bonchev–Trinajstić information content (AvgIpc) is 0.722. The fourth-order valence-corrected chi connectivity index (χ4v) is 0. The zero-order valence-corrected chi connectivity index (χ0v) is 10.5. The second-order valence-electron chi connectivity index (χ2n) is 0.448. The van der Waals surface area contributed by atoms with Gasteiger partial charge in [-0.1, -0.05) is 0 Å². The molecule has 0 saturated carbocycles. The summed E-state index contributed by atoms with van der Waals surface area (Å²) in [5.74, 6) is 0. The molecule has 0 aliphatic heterocycles. The van der Waals surface area contributed by atoms with Crippen molar-refractivity contribution in [3.8, 4) is 0 Å². The van der Waals surface area contributed by atoms with Crippen LogP contribution in [-0.4, -0.2) is 47.8 Å². The third kappa shape index (κ3) is 558. The van der Waals surface area contributed by atoms with Gasteiger partial charge in [0.1, 0.15) is 0 Å². The Hall–Kier alpha value is 1.02. The molecule has 0 fully saturated rings. The topological polar surface area (TPSA) is 201 Å². The molecule has 0 unspecified atom stereocenters. The first-order chi connectivity index (χ1) is 2.00. The van der Waals surface area contributed by atoms with Crippen LogP contribution in [-0.2, 0) is 32.1 Å². The maximum Gasteiger partial charge on any atom is 0 e. The van der Waals surface area contributed by atoms with E-state index in [1.54, 1.807) is 0 Å². The molecule has 0 aliphatic rings. The van der Waals surface area contributed by atoms with Crippen molar-refractivity contribution in [2.45, 2.75) is 0 Å². The third-order valence-electron chi connectivity index (χ3n) is 0. The monoisotopic (exact) mass is 448 g/mol. The number of rotatable bonds is 0. The molecule has 0 atom stereocenters. The summed E-state index contributed by atoms with van der Waals surface area (Å²) in [7, 11) is 0. The van der Waals surface area contributed by atoms with Crippen LogP contribution in [0.5, 0.6) is 0 Å². The first kappa shape index (κ1) is 43.9. The Labute approximate surface area is 79.5 Å². The van der Waals surface area contributed by atoms with Crippen molar-refractivity contribution in [2.75, 3.05) is 0 Å². The quantitative estimate of drug-likeness (QED) is 0.353. The maximum atomic E-state index is 8.85. The summed E-state index contributed by atoms with van der Waals surface area (Å²) < 4.78 is 32.0. The predicted molar refractivity (Wildman–Crippen MR) is 26.0 cm³/mol. The smallest absolute Gasteiger partial charge is 0 e. The largest absolute Gasteiger partial charge is 0 e. The van der Waals surface area contributed by atoms with E-state index in [4.69, 9.17) is 13.2 Å². The van der Waals surface area contributed by atoms with Gasteiger partial charge in [0.05, 0.1) is 0 Å². The van der Waals surface area contributed by atoms with Gasteiger partial charge in [0.2, 0.25) is 0 Å². The van der Waals surface area contributed by atoms with E-state index in [0.29, 0.717) is 0 Å². The van der Waals surface area contributed by atoms with Gasteiger partial charge in [-0.3, -0.25) is 0 Å². The zero-order chi connectivity index (χ0) is 4.50. The van der Waals surface area contributed by atoms with Crippen LogP contribution in [0.25, 0.3) is 0 Å². The summed E-state index contributed by atoms with van der Waals surface area (Å²) in [5, 5.41) is 0. The van der Waals surface area contributed by atoms with E-state index in [2.05, 4.69) is 0 Å². The minimum atomic E-state index is -5.52. The Bertz CT molecular complexity index is 92.4. The molecule has 0 rings (SSSR count). The predicted octanol–water partition coefficient (Wildman–Crippen LogP) is -5.03. The van der Waals surface area contributed by atoms with Gasteiger partial charge >= 0.3 is 32.1 Å². The van der Waals surface area contributed by atoms with E-state index in [0.717, 1.165) is 0 Å². The average molecular weight is 444 g/mol. The SMILES string of the molecule is O.O.O.O.O=[Te](=O)(O)O.[Hf]. The number of hydrogen-bond acceptors (Lipinski definition) is 2. The molecule has 0 heterocycles. The molecule has 10 heavy (non-hydrogen) atoms. The fraction of sp³-hybridized carbons (Fsp3) is 0. The molecule has 0 radical (unpaired) electrons. The van der Waals surface area contributed by atoms with Crippen molar-refractivity contribution in [1.82, 2.24) is 0 Å². The van der Waals surface area contributed by atoms with E-state index in [1.165, 1.54) is 0 Å². The van der Waals surface area contributed by atoms with E-state index >= 15 is 0 Å². The van der Waals surface area contributed by atoms with Crippen LogP contribution >= 0.6 is 0 Å². The molecule has 0 aromatic rings. The third-order valence-corrected chi connectivity index (χ3v) is 0. The van der Waals surface area contributed by atoms with Crippen molar-refractivity contribution < 1.29 is 60.9 Å². The van der Waals surface area contributed by atoms with Crippen LogP contribution in [0.3, 0.4) is 0 Å². The number of hydrogen-bond donors (Lipinski definition) is 2. The van der Waals surface area contributed by atoms with Crippen LogP contribution in [0.1, 0.15) is 0 Å². The Balaban J connectivity index is -0.00000000800. The Morgan fingerprint density at radius 1 is 0.800 bits per heavy atom. The van der Waals surface area contributed by atoms with Gasteiger partial charge in [0, 0.05) is 25.8 Å². The van der Waals surface area contributed by atoms with E-state index < -0.39 is 19.0 Å². The molecule has 68 valence electrons. The molecule has 8 nitrogen and oxygen atoms in total. The van der Waals surface area contributed by atoms with E-state index in [9.17, 15) is 0 Å². The minimum absolute atomic E-state index is 0. The molecule has 0 spiro atoms. The first-order valence-corrected chi connectivity index (χ1v) is 4.69. The molecular weight excluding hydrogens is 434 g/mol. The van der Waals surface area contributed by atoms with Crippen molar-refractivity contribution in [2.24, 2.45) is 0 Å². The van der Waals surface area contributed by atoms with Crippen molar-refractivity contribution in [1.29, 1.82) is 0 Å². The molecule has 10 N–H and O–H groups in total. The van der Waals surface area contributed by atoms with Crippen LogP contribution in [0.15, 0.2) is 0 Å². The summed E-state index contributed by atoms with van der Waals surface area (Å²) in [5.41, 5.74) is 0. The Kier molecular flexibility index (Phi) is 72.6. The van der Waals surface area contributed by atoms with Crippen LogP contribution in [0.4, 0.5) is 0 Å². The zero-order valence-electron chi connectivity index (χ0n) is 4.62. The van der Waals surface area contributed by atoms with Crippen molar-refractivity contribution in [3.05, 3.63) is 0 Å². The summed E-state index contributed by atoms with van der Waals surface area (Å²) in [6.07, 6.45) is 0. The molecule has 0 aromatic carbocycles. The van der Waals surface area contributed by atoms with Crippen molar-refractivity contribution >= 4 is 19.0 Å². The van der Waals surface area contributed by atoms with Gasteiger partial charge < -0.3 is 21.9 Å². The second kappa shape index (κ2) is 16.5. The fourth-order valence-electron chi connectivity index (χ4n) is 0. The van der Waals surface area contributed by atoms with Crippen LogP contribution in [0.2, 0.25) is 0 Å².